The second-order valence-electron chi connectivity index (χ2n) is 5.44. The van der Waals surface area contributed by atoms with Crippen LogP contribution in [0.3, 0.4) is 0 Å². The van der Waals surface area contributed by atoms with Gasteiger partial charge in [-0.15, -0.1) is 0 Å². The highest BCUT2D eigenvalue weighted by molar-refractivity contribution is 5.90. The van der Waals surface area contributed by atoms with Crippen molar-refractivity contribution in [3.63, 3.8) is 0 Å². The van der Waals surface area contributed by atoms with E-state index in [4.69, 9.17) is 9.84 Å². The van der Waals surface area contributed by atoms with Gasteiger partial charge < -0.3 is 14.8 Å². The largest absolute Gasteiger partial charge is 0.479 e. The highest BCUT2D eigenvalue weighted by Crippen LogP contribution is 2.21. The zero-order valence-electron chi connectivity index (χ0n) is 13.4. The molecule has 6 heteroatoms. The minimum atomic E-state index is -1.03. The van der Waals surface area contributed by atoms with E-state index in [9.17, 15) is 10.1 Å². The lowest BCUT2D eigenvalue weighted by atomic mass is 10.1. The van der Waals surface area contributed by atoms with Crippen LogP contribution in [0.4, 0.5) is 0 Å². The number of aliphatic carboxylic acids is 1. The van der Waals surface area contributed by atoms with Gasteiger partial charge in [-0.3, -0.25) is 0 Å². The quantitative estimate of drug-likeness (QED) is 0.696. The summed E-state index contributed by atoms with van der Waals surface area (Å²) in [6.45, 7) is 1.46. The third kappa shape index (κ3) is 3.67. The molecule has 0 aliphatic carbocycles. The summed E-state index contributed by atoms with van der Waals surface area (Å²) in [7, 11) is 0. The van der Waals surface area contributed by atoms with Crippen molar-refractivity contribution in [3.05, 3.63) is 59.9 Å². The van der Waals surface area contributed by atoms with E-state index >= 15 is 0 Å². The zero-order valence-corrected chi connectivity index (χ0v) is 13.4. The normalized spacial score (nSPS) is 12.6. The fourth-order valence-electron chi connectivity index (χ4n) is 2.30. The van der Waals surface area contributed by atoms with Crippen LogP contribution in [0.15, 0.2) is 48.5 Å². The number of para-hydroxylation sites is 2. The van der Waals surface area contributed by atoms with Crippen molar-refractivity contribution in [2.75, 3.05) is 0 Å². The van der Waals surface area contributed by atoms with Crippen molar-refractivity contribution in [3.8, 4) is 11.8 Å². The lowest BCUT2D eigenvalue weighted by Crippen LogP contribution is -2.22. The summed E-state index contributed by atoms with van der Waals surface area (Å²) in [4.78, 5) is 18.3. The minimum Gasteiger partial charge on any atom is -0.479 e. The number of aromatic nitrogens is 2. The second kappa shape index (κ2) is 6.89. The van der Waals surface area contributed by atoms with Gasteiger partial charge in [0.05, 0.1) is 16.6 Å². The molecule has 3 aromatic rings. The zero-order chi connectivity index (χ0) is 17.8. The van der Waals surface area contributed by atoms with E-state index < -0.39 is 12.1 Å². The number of allylic oxidation sites excluding steroid dienone is 1. The van der Waals surface area contributed by atoms with Crippen LogP contribution in [-0.4, -0.2) is 27.1 Å². The number of ether oxygens (including phenoxy) is 1. The van der Waals surface area contributed by atoms with Gasteiger partial charge in [0.25, 0.3) is 0 Å². The van der Waals surface area contributed by atoms with Crippen molar-refractivity contribution >= 4 is 28.7 Å². The van der Waals surface area contributed by atoms with Gasteiger partial charge in [0.1, 0.15) is 17.6 Å². The maximum atomic E-state index is 10.8. The Labute approximate surface area is 144 Å². The minimum absolute atomic E-state index is 0.406. The number of H-pyrrole nitrogens is 1. The number of carboxylic acid groups (broad SMARTS) is 1. The Morgan fingerprint density at radius 3 is 2.64 bits per heavy atom. The fraction of sp³-hybridized carbons (Fsp3) is 0.105. The van der Waals surface area contributed by atoms with Crippen molar-refractivity contribution in [2.45, 2.75) is 13.0 Å². The summed E-state index contributed by atoms with van der Waals surface area (Å²) in [6.07, 6.45) is 0.786. The standard InChI is InChI=1S/C19H15N3O3/c1-12(19(23)24)25-15-8-6-13(7-9-15)10-14(11-20)18-21-16-4-2-3-5-17(16)22-18/h2-10,12H,1H3,(H,21,22)(H,23,24)/b14-10-/t12-/m0/s1. The molecule has 1 atom stereocenters. The predicted octanol–water partition coefficient (Wildman–Crippen LogP) is 3.48. The van der Waals surface area contributed by atoms with E-state index in [1.807, 2.05) is 24.3 Å². The molecule has 1 aromatic heterocycles. The average molecular weight is 333 g/mol. The molecule has 0 fully saturated rings. The number of carboxylic acids is 1. The van der Waals surface area contributed by atoms with Crippen LogP contribution in [0.5, 0.6) is 5.75 Å². The Morgan fingerprint density at radius 2 is 2.00 bits per heavy atom. The predicted molar refractivity (Wildman–Crippen MR) is 93.7 cm³/mol. The molecule has 0 aliphatic heterocycles. The Kier molecular flexibility index (Phi) is 4.48. The van der Waals surface area contributed by atoms with E-state index in [1.54, 1.807) is 30.3 Å². The molecular weight excluding hydrogens is 318 g/mol. The molecule has 2 N–H and O–H groups in total. The summed E-state index contributed by atoms with van der Waals surface area (Å²) in [5.41, 5.74) is 2.85. The van der Waals surface area contributed by atoms with E-state index in [1.165, 1.54) is 6.92 Å². The summed E-state index contributed by atoms with van der Waals surface area (Å²) in [5, 5.41) is 18.3. The number of carbonyl (C=O) groups is 1. The van der Waals surface area contributed by atoms with Crippen molar-refractivity contribution in [2.24, 2.45) is 0 Å². The maximum absolute atomic E-state index is 10.8. The molecular formula is C19H15N3O3. The number of benzene rings is 2. The first-order valence-electron chi connectivity index (χ1n) is 7.63. The van der Waals surface area contributed by atoms with Gasteiger partial charge in [0.2, 0.25) is 0 Å². The Bertz CT molecular complexity index is 948. The van der Waals surface area contributed by atoms with Crippen molar-refractivity contribution in [1.29, 1.82) is 5.26 Å². The molecule has 1 heterocycles. The van der Waals surface area contributed by atoms with Crippen LogP contribution in [0.25, 0.3) is 22.7 Å². The van der Waals surface area contributed by atoms with Crippen LogP contribution in [0, 0.1) is 11.3 Å². The van der Waals surface area contributed by atoms with Crippen molar-refractivity contribution < 1.29 is 14.6 Å². The molecule has 0 radical (unpaired) electrons. The third-order valence-electron chi connectivity index (χ3n) is 3.62. The Morgan fingerprint density at radius 1 is 1.28 bits per heavy atom. The molecule has 0 bridgehead atoms. The third-order valence-corrected chi connectivity index (χ3v) is 3.62. The highest BCUT2D eigenvalue weighted by atomic mass is 16.5. The number of nitrogens with one attached hydrogen (secondary N) is 1. The second-order valence-corrected chi connectivity index (χ2v) is 5.44. The molecule has 0 unspecified atom stereocenters. The number of nitriles is 1. The molecule has 2 aromatic carbocycles. The maximum Gasteiger partial charge on any atom is 0.344 e. The Balaban J connectivity index is 1.85. The monoisotopic (exact) mass is 333 g/mol. The first-order valence-corrected chi connectivity index (χ1v) is 7.63. The molecule has 0 saturated carbocycles. The van der Waals surface area contributed by atoms with E-state index in [0.717, 1.165) is 16.6 Å². The molecule has 3 rings (SSSR count). The average Bonchev–Trinajstić information content (AvgIpc) is 3.04. The first-order chi connectivity index (χ1) is 12.1. The van der Waals surface area contributed by atoms with Crippen LogP contribution >= 0.6 is 0 Å². The van der Waals surface area contributed by atoms with E-state index in [-0.39, 0.29) is 0 Å². The lowest BCUT2D eigenvalue weighted by molar-refractivity contribution is -0.144. The summed E-state index contributed by atoms with van der Waals surface area (Å²) < 4.78 is 5.28. The van der Waals surface area contributed by atoms with Gasteiger partial charge in [-0.2, -0.15) is 5.26 Å². The molecule has 0 aliphatic rings. The van der Waals surface area contributed by atoms with Gasteiger partial charge >= 0.3 is 5.97 Å². The number of fused-ring (bicyclic) bond motifs is 1. The van der Waals surface area contributed by atoms with Gasteiger partial charge in [-0.05, 0) is 42.8 Å². The molecule has 25 heavy (non-hydrogen) atoms. The number of rotatable bonds is 5. The number of nitrogens with zero attached hydrogens (tertiary/aromatic N) is 2. The summed E-state index contributed by atoms with van der Waals surface area (Å²) >= 11 is 0. The van der Waals surface area contributed by atoms with E-state index in [2.05, 4.69) is 16.0 Å². The van der Waals surface area contributed by atoms with Crippen LogP contribution in [0.1, 0.15) is 18.3 Å². The smallest absolute Gasteiger partial charge is 0.344 e. The number of hydrogen-bond donors (Lipinski definition) is 2. The summed E-state index contributed by atoms with van der Waals surface area (Å²) in [5.74, 6) is -0.0709. The van der Waals surface area contributed by atoms with Crippen LogP contribution in [0.2, 0.25) is 0 Å². The first kappa shape index (κ1) is 16.3. The van der Waals surface area contributed by atoms with Crippen LogP contribution < -0.4 is 4.74 Å². The Hall–Kier alpha value is -3.59. The van der Waals surface area contributed by atoms with Gasteiger partial charge in [0.15, 0.2) is 6.10 Å². The fourth-order valence-corrected chi connectivity index (χ4v) is 2.30. The van der Waals surface area contributed by atoms with E-state index in [0.29, 0.717) is 17.1 Å². The lowest BCUT2D eigenvalue weighted by Gasteiger charge is -2.10. The van der Waals surface area contributed by atoms with Gasteiger partial charge in [0, 0.05) is 0 Å². The van der Waals surface area contributed by atoms with Crippen molar-refractivity contribution in [1.82, 2.24) is 9.97 Å². The highest BCUT2D eigenvalue weighted by Gasteiger charge is 2.12. The molecule has 6 nitrogen and oxygen atoms in total. The SMILES string of the molecule is C[C@H](Oc1ccc(/C=C(/C#N)c2nc3ccccc3[nH]2)cc1)C(=O)O. The van der Waals surface area contributed by atoms with Crippen LogP contribution in [-0.2, 0) is 4.79 Å². The van der Waals surface area contributed by atoms with Gasteiger partial charge in [-0.25, -0.2) is 9.78 Å². The molecule has 0 spiro atoms. The number of aromatic amines is 1. The summed E-state index contributed by atoms with van der Waals surface area (Å²) in [6, 6.07) is 16.5. The van der Waals surface area contributed by atoms with Gasteiger partial charge in [-0.1, -0.05) is 24.3 Å². The topological polar surface area (TPSA) is 99.0 Å². The number of imidazole rings is 1. The molecule has 0 amide bonds. The number of hydrogen-bond acceptors (Lipinski definition) is 4. The molecule has 124 valence electrons. The molecule has 0 saturated heterocycles.